The Labute approximate surface area is 181 Å². The van der Waals surface area contributed by atoms with Crippen LogP contribution in [-0.2, 0) is 11.2 Å². The number of hydrogen-bond donors (Lipinski definition) is 3. The number of nitrogens with one attached hydrogen (secondary N) is 2. The van der Waals surface area contributed by atoms with Crippen molar-refractivity contribution in [1.29, 1.82) is 0 Å². The zero-order chi connectivity index (χ0) is 21.6. The molecule has 2 aromatic carbocycles. The van der Waals surface area contributed by atoms with Crippen molar-refractivity contribution in [1.82, 2.24) is 10.5 Å². The summed E-state index contributed by atoms with van der Waals surface area (Å²) in [5.74, 6) is 2.15. The average Bonchev–Trinajstić information content (AvgIpc) is 3.24. The Morgan fingerprint density at radius 3 is 2.84 bits per heavy atom. The van der Waals surface area contributed by atoms with E-state index in [2.05, 4.69) is 15.8 Å². The smallest absolute Gasteiger partial charge is 0.224 e. The number of rotatable bonds is 7. The lowest BCUT2D eigenvalue weighted by Gasteiger charge is -2.31. The van der Waals surface area contributed by atoms with E-state index in [1.807, 2.05) is 30.3 Å². The van der Waals surface area contributed by atoms with Gasteiger partial charge in [-0.2, -0.15) is 0 Å². The molecule has 4 rings (SSSR count). The van der Waals surface area contributed by atoms with Gasteiger partial charge in [0.25, 0.3) is 0 Å². The molecule has 3 N–H and O–H groups in total. The predicted octanol–water partition coefficient (Wildman–Crippen LogP) is 3.85. The summed E-state index contributed by atoms with van der Waals surface area (Å²) in [5.41, 5.74) is 2.44. The normalized spacial score (nSPS) is 18.5. The Morgan fingerprint density at radius 1 is 1.23 bits per heavy atom. The Hall–Kier alpha value is -3.32. The molecular formula is C24H27N3O4. The number of carbonyl (C=O) groups is 1. The second-order valence-electron chi connectivity index (χ2n) is 7.93. The van der Waals surface area contributed by atoms with E-state index < -0.39 is 0 Å². The van der Waals surface area contributed by atoms with Gasteiger partial charge in [-0.1, -0.05) is 11.2 Å². The fourth-order valence-corrected chi connectivity index (χ4v) is 4.09. The zero-order valence-corrected chi connectivity index (χ0v) is 17.5. The third-order valence-electron chi connectivity index (χ3n) is 5.75. The van der Waals surface area contributed by atoms with E-state index in [1.54, 1.807) is 31.4 Å². The lowest BCUT2D eigenvalue weighted by molar-refractivity contribution is -0.117. The molecule has 1 aromatic heterocycles. The fourth-order valence-electron chi connectivity index (χ4n) is 4.09. The molecule has 1 fully saturated rings. The maximum Gasteiger partial charge on any atom is 0.224 e. The molecule has 31 heavy (non-hydrogen) atoms. The van der Waals surface area contributed by atoms with Crippen molar-refractivity contribution in [2.75, 3.05) is 25.5 Å². The lowest BCUT2D eigenvalue weighted by atomic mass is 9.81. The first kappa shape index (κ1) is 20.9. The summed E-state index contributed by atoms with van der Waals surface area (Å²) >= 11 is 0. The van der Waals surface area contributed by atoms with Gasteiger partial charge < -0.3 is 25.0 Å². The van der Waals surface area contributed by atoms with Crippen LogP contribution in [0.1, 0.15) is 18.5 Å². The number of piperidine rings is 1. The highest BCUT2D eigenvalue weighted by Gasteiger charge is 2.28. The minimum Gasteiger partial charge on any atom is -0.508 e. The van der Waals surface area contributed by atoms with Crippen LogP contribution in [0, 0.1) is 11.8 Å². The third-order valence-corrected chi connectivity index (χ3v) is 5.75. The number of phenolic OH excluding ortho intramolecular Hbond substituents is 1. The minimum absolute atomic E-state index is 0.0402. The summed E-state index contributed by atoms with van der Waals surface area (Å²) in [4.78, 5) is 12.6. The summed E-state index contributed by atoms with van der Waals surface area (Å²) < 4.78 is 10.8. The van der Waals surface area contributed by atoms with Crippen LogP contribution < -0.4 is 15.4 Å². The van der Waals surface area contributed by atoms with Crippen molar-refractivity contribution in [2.45, 2.75) is 19.3 Å². The van der Waals surface area contributed by atoms with Gasteiger partial charge in [-0.3, -0.25) is 4.79 Å². The Balaban J connectivity index is 1.38. The molecule has 1 amide bonds. The highest BCUT2D eigenvalue weighted by atomic mass is 16.5. The van der Waals surface area contributed by atoms with Crippen molar-refractivity contribution < 1.29 is 19.2 Å². The van der Waals surface area contributed by atoms with Crippen LogP contribution in [0.2, 0.25) is 0 Å². The predicted molar refractivity (Wildman–Crippen MR) is 118 cm³/mol. The van der Waals surface area contributed by atoms with Crippen molar-refractivity contribution in [3.63, 3.8) is 0 Å². The van der Waals surface area contributed by atoms with Crippen LogP contribution in [0.5, 0.6) is 11.5 Å². The van der Waals surface area contributed by atoms with E-state index in [9.17, 15) is 9.90 Å². The highest BCUT2D eigenvalue weighted by Crippen LogP contribution is 2.29. The van der Waals surface area contributed by atoms with Crippen LogP contribution in [0.25, 0.3) is 11.3 Å². The van der Waals surface area contributed by atoms with Gasteiger partial charge in [0.05, 0.1) is 12.8 Å². The number of methoxy groups -OCH3 is 1. The molecule has 1 aliphatic rings. The second-order valence-corrected chi connectivity index (χ2v) is 7.93. The SMILES string of the molecule is COc1ccc(-c2cc(CC3CNCCC3CC(=O)Nc3cccc(O)c3)no2)cc1. The first-order valence-corrected chi connectivity index (χ1v) is 10.5. The van der Waals surface area contributed by atoms with E-state index in [0.29, 0.717) is 12.1 Å². The van der Waals surface area contributed by atoms with Gasteiger partial charge in [-0.25, -0.2) is 0 Å². The zero-order valence-electron chi connectivity index (χ0n) is 17.5. The summed E-state index contributed by atoms with van der Waals surface area (Å²) in [7, 11) is 1.64. The largest absolute Gasteiger partial charge is 0.508 e. The molecular weight excluding hydrogens is 394 g/mol. The molecule has 2 atom stereocenters. The molecule has 1 saturated heterocycles. The van der Waals surface area contributed by atoms with Crippen molar-refractivity contribution in [2.24, 2.45) is 11.8 Å². The van der Waals surface area contributed by atoms with E-state index in [-0.39, 0.29) is 23.5 Å². The first-order chi connectivity index (χ1) is 15.1. The molecule has 2 heterocycles. The molecule has 162 valence electrons. The summed E-state index contributed by atoms with van der Waals surface area (Å²) in [6.07, 6.45) is 2.11. The highest BCUT2D eigenvalue weighted by molar-refractivity contribution is 5.91. The Kier molecular flexibility index (Phi) is 6.52. The van der Waals surface area contributed by atoms with Crippen molar-refractivity contribution >= 4 is 11.6 Å². The quantitative estimate of drug-likeness (QED) is 0.536. The monoisotopic (exact) mass is 421 g/mol. The molecule has 7 nitrogen and oxygen atoms in total. The average molecular weight is 421 g/mol. The van der Waals surface area contributed by atoms with Crippen LogP contribution >= 0.6 is 0 Å². The fraction of sp³-hybridized carbons (Fsp3) is 0.333. The number of anilines is 1. The second kappa shape index (κ2) is 9.66. The van der Waals surface area contributed by atoms with Gasteiger partial charge in [0.15, 0.2) is 5.76 Å². The molecule has 0 radical (unpaired) electrons. The lowest BCUT2D eigenvalue weighted by Crippen LogP contribution is -2.39. The third kappa shape index (κ3) is 5.44. The number of phenols is 1. The van der Waals surface area contributed by atoms with E-state index >= 15 is 0 Å². The van der Waals surface area contributed by atoms with Crippen LogP contribution in [0.15, 0.2) is 59.1 Å². The number of nitrogens with zero attached hydrogens (tertiary/aromatic N) is 1. The van der Waals surface area contributed by atoms with E-state index in [1.165, 1.54) is 0 Å². The number of carbonyl (C=O) groups excluding carboxylic acids is 1. The molecule has 1 aliphatic heterocycles. The molecule has 0 spiro atoms. The van der Waals surface area contributed by atoms with Crippen molar-refractivity contribution in [3.8, 4) is 22.8 Å². The van der Waals surface area contributed by atoms with E-state index in [0.717, 1.165) is 48.7 Å². The summed E-state index contributed by atoms with van der Waals surface area (Å²) in [6.45, 7) is 1.74. The summed E-state index contributed by atoms with van der Waals surface area (Å²) in [5, 5.41) is 20.2. The Morgan fingerprint density at radius 2 is 2.06 bits per heavy atom. The van der Waals surface area contributed by atoms with E-state index in [4.69, 9.17) is 9.26 Å². The van der Waals surface area contributed by atoms with Gasteiger partial charge in [0, 0.05) is 29.8 Å². The number of aromatic nitrogens is 1. The number of aromatic hydroxyl groups is 1. The Bertz CT molecular complexity index is 1020. The number of hydrogen-bond acceptors (Lipinski definition) is 6. The van der Waals surface area contributed by atoms with Crippen LogP contribution in [0.3, 0.4) is 0 Å². The number of amides is 1. The maximum atomic E-state index is 12.6. The van der Waals surface area contributed by atoms with Gasteiger partial charge in [-0.05, 0) is 74.2 Å². The summed E-state index contributed by atoms with van der Waals surface area (Å²) in [6, 6.07) is 16.3. The molecule has 2 unspecified atom stereocenters. The van der Waals surface area contributed by atoms with Gasteiger partial charge in [-0.15, -0.1) is 0 Å². The minimum atomic E-state index is -0.0402. The van der Waals surface area contributed by atoms with Crippen molar-refractivity contribution in [3.05, 3.63) is 60.3 Å². The van der Waals surface area contributed by atoms with Crippen LogP contribution in [0.4, 0.5) is 5.69 Å². The number of benzene rings is 2. The maximum absolute atomic E-state index is 12.6. The molecule has 0 bridgehead atoms. The van der Waals surface area contributed by atoms with Gasteiger partial charge in [0.1, 0.15) is 11.5 Å². The first-order valence-electron chi connectivity index (χ1n) is 10.5. The van der Waals surface area contributed by atoms with Gasteiger partial charge in [0.2, 0.25) is 5.91 Å². The molecule has 0 saturated carbocycles. The standard InChI is InChI=1S/C24H27N3O4/c1-30-22-7-5-16(6-8-22)23-14-20(27-31-23)11-18-15-25-10-9-17(18)12-24(29)26-19-3-2-4-21(28)13-19/h2-8,13-14,17-18,25,28H,9-12,15H2,1H3,(H,26,29). The van der Waals surface area contributed by atoms with Gasteiger partial charge >= 0.3 is 0 Å². The molecule has 0 aliphatic carbocycles. The topological polar surface area (TPSA) is 96.6 Å². The number of ether oxygens (including phenoxy) is 1. The van der Waals surface area contributed by atoms with Crippen LogP contribution in [-0.4, -0.2) is 36.4 Å². The molecule has 3 aromatic rings. The molecule has 7 heteroatoms.